The number of hydrogen-bond acceptors (Lipinski definition) is 2. The number of fused-ring (bicyclic) bond motifs is 1. The zero-order chi connectivity index (χ0) is 9.26. The summed E-state index contributed by atoms with van der Waals surface area (Å²) in [4.78, 5) is 14.1. The number of aromatic nitrogens is 1. The van der Waals surface area contributed by atoms with E-state index in [1.165, 1.54) is 24.8 Å². The van der Waals surface area contributed by atoms with Gasteiger partial charge >= 0.3 is 0 Å². The molecule has 1 aliphatic rings. The van der Waals surface area contributed by atoms with Crippen LogP contribution in [0.15, 0.2) is 10.9 Å². The van der Waals surface area contributed by atoms with E-state index >= 15 is 0 Å². The maximum atomic E-state index is 11.2. The minimum Gasteiger partial charge on any atom is -0.394 e. The van der Waals surface area contributed by atoms with E-state index in [-0.39, 0.29) is 5.56 Å². The molecule has 3 heteroatoms. The van der Waals surface area contributed by atoms with Crippen molar-refractivity contribution in [3.05, 3.63) is 27.7 Å². The van der Waals surface area contributed by atoms with E-state index in [1.54, 1.807) is 0 Å². The fraction of sp³-hybridized carbons (Fsp3) is 0.500. The molecule has 70 valence electrons. The minimum absolute atomic E-state index is 0.138. The van der Waals surface area contributed by atoms with Gasteiger partial charge in [-0.25, -0.2) is 0 Å². The van der Waals surface area contributed by atoms with Crippen LogP contribution in [0.4, 0.5) is 5.69 Å². The molecule has 1 aliphatic carbocycles. The zero-order valence-corrected chi connectivity index (χ0v) is 7.60. The van der Waals surface area contributed by atoms with Crippen molar-refractivity contribution in [3.63, 3.8) is 0 Å². The summed E-state index contributed by atoms with van der Waals surface area (Å²) in [5.41, 5.74) is 8.09. The van der Waals surface area contributed by atoms with Gasteiger partial charge in [-0.05, 0) is 37.3 Å². The van der Waals surface area contributed by atoms with E-state index in [0.29, 0.717) is 5.69 Å². The highest BCUT2D eigenvalue weighted by Gasteiger charge is 2.09. The van der Waals surface area contributed by atoms with Gasteiger partial charge in [-0.1, -0.05) is 6.42 Å². The van der Waals surface area contributed by atoms with Crippen LogP contribution in [0.25, 0.3) is 0 Å². The molecule has 0 saturated carbocycles. The summed E-state index contributed by atoms with van der Waals surface area (Å²) < 4.78 is 0. The predicted molar refractivity (Wildman–Crippen MR) is 52.7 cm³/mol. The Bertz CT molecular complexity index is 368. The van der Waals surface area contributed by atoms with Gasteiger partial charge in [0, 0.05) is 5.69 Å². The molecule has 0 aliphatic heterocycles. The van der Waals surface area contributed by atoms with Crippen molar-refractivity contribution >= 4 is 5.69 Å². The van der Waals surface area contributed by atoms with Crippen molar-refractivity contribution in [2.45, 2.75) is 32.1 Å². The van der Waals surface area contributed by atoms with E-state index in [4.69, 9.17) is 5.73 Å². The molecule has 1 aromatic heterocycles. The van der Waals surface area contributed by atoms with E-state index in [0.717, 1.165) is 18.5 Å². The lowest BCUT2D eigenvalue weighted by Gasteiger charge is -2.05. The van der Waals surface area contributed by atoms with Gasteiger partial charge in [-0.3, -0.25) is 4.79 Å². The molecule has 0 amide bonds. The molecule has 0 unspecified atom stereocenters. The number of nitrogens with one attached hydrogen (secondary N) is 1. The lowest BCUT2D eigenvalue weighted by atomic mass is 10.1. The first-order valence-electron chi connectivity index (χ1n) is 4.78. The molecule has 0 aromatic carbocycles. The molecule has 1 aromatic rings. The van der Waals surface area contributed by atoms with Gasteiger partial charge in [-0.15, -0.1) is 0 Å². The number of aromatic amines is 1. The second kappa shape index (κ2) is 3.24. The average molecular weight is 178 g/mol. The standard InChI is InChI=1S/C10H14N2O/c11-8-6-7-4-2-1-3-5-9(7)12-10(8)13/h6H,1-5,11H2,(H,12,13). The van der Waals surface area contributed by atoms with Gasteiger partial charge < -0.3 is 10.7 Å². The largest absolute Gasteiger partial charge is 0.394 e. The molecule has 13 heavy (non-hydrogen) atoms. The van der Waals surface area contributed by atoms with E-state index in [1.807, 2.05) is 6.07 Å². The quantitative estimate of drug-likeness (QED) is 0.587. The summed E-state index contributed by atoms with van der Waals surface area (Å²) in [5, 5.41) is 0. The summed E-state index contributed by atoms with van der Waals surface area (Å²) in [6, 6.07) is 1.83. The summed E-state index contributed by atoms with van der Waals surface area (Å²) >= 11 is 0. The molecule has 0 radical (unpaired) electrons. The summed E-state index contributed by atoms with van der Waals surface area (Å²) in [5.74, 6) is 0. The minimum atomic E-state index is -0.138. The van der Waals surface area contributed by atoms with Gasteiger partial charge in [0.1, 0.15) is 0 Å². The first kappa shape index (κ1) is 8.35. The van der Waals surface area contributed by atoms with E-state index < -0.39 is 0 Å². The molecular weight excluding hydrogens is 164 g/mol. The van der Waals surface area contributed by atoms with Gasteiger partial charge in [0.15, 0.2) is 0 Å². The van der Waals surface area contributed by atoms with Gasteiger partial charge in [0.2, 0.25) is 0 Å². The number of aryl methyl sites for hydroxylation is 2. The highest BCUT2D eigenvalue weighted by Crippen LogP contribution is 2.18. The van der Waals surface area contributed by atoms with Crippen molar-refractivity contribution in [2.75, 3.05) is 5.73 Å². The highest BCUT2D eigenvalue weighted by atomic mass is 16.1. The molecule has 3 N–H and O–H groups in total. The number of hydrogen-bond donors (Lipinski definition) is 2. The highest BCUT2D eigenvalue weighted by molar-refractivity contribution is 5.40. The number of nitrogens with two attached hydrogens (primary N) is 1. The van der Waals surface area contributed by atoms with Crippen molar-refractivity contribution in [2.24, 2.45) is 0 Å². The van der Waals surface area contributed by atoms with Crippen LogP contribution < -0.4 is 11.3 Å². The van der Waals surface area contributed by atoms with Crippen LogP contribution in [0.3, 0.4) is 0 Å². The molecular formula is C10H14N2O. The summed E-state index contributed by atoms with van der Waals surface area (Å²) in [6.45, 7) is 0. The van der Waals surface area contributed by atoms with Crippen LogP contribution in [-0.2, 0) is 12.8 Å². The smallest absolute Gasteiger partial charge is 0.271 e. The normalized spacial score (nSPS) is 16.3. The van der Waals surface area contributed by atoms with Crippen LogP contribution >= 0.6 is 0 Å². The Morgan fingerprint density at radius 1 is 1.23 bits per heavy atom. The SMILES string of the molecule is Nc1cc2c([nH]c1=O)CCCCC2. The fourth-order valence-electron chi connectivity index (χ4n) is 1.87. The Balaban J connectivity index is 2.49. The van der Waals surface area contributed by atoms with Crippen LogP contribution in [-0.4, -0.2) is 4.98 Å². The number of anilines is 1. The first-order valence-corrected chi connectivity index (χ1v) is 4.78. The number of rotatable bonds is 0. The number of H-pyrrole nitrogens is 1. The van der Waals surface area contributed by atoms with Gasteiger partial charge in [0.25, 0.3) is 5.56 Å². The topological polar surface area (TPSA) is 58.9 Å². The Kier molecular flexibility index (Phi) is 2.08. The maximum Gasteiger partial charge on any atom is 0.271 e. The number of pyridine rings is 1. The lowest BCUT2D eigenvalue weighted by molar-refractivity contribution is 0.708. The molecule has 1 heterocycles. The van der Waals surface area contributed by atoms with Crippen molar-refractivity contribution in [1.82, 2.24) is 4.98 Å². The fourth-order valence-corrected chi connectivity index (χ4v) is 1.87. The maximum absolute atomic E-state index is 11.2. The van der Waals surface area contributed by atoms with Gasteiger partial charge in [0.05, 0.1) is 5.69 Å². The molecule has 2 rings (SSSR count). The van der Waals surface area contributed by atoms with E-state index in [9.17, 15) is 4.79 Å². The molecule has 0 saturated heterocycles. The van der Waals surface area contributed by atoms with E-state index in [2.05, 4.69) is 4.98 Å². The van der Waals surface area contributed by atoms with Crippen molar-refractivity contribution < 1.29 is 0 Å². The third kappa shape index (κ3) is 1.59. The van der Waals surface area contributed by atoms with Crippen molar-refractivity contribution in [1.29, 1.82) is 0 Å². The lowest BCUT2D eigenvalue weighted by Crippen LogP contribution is -2.15. The summed E-state index contributed by atoms with van der Waals surface area (Å²) in [7, 11) is 0. The van der Waals surface area contributed by atoms with Crippen molar-refractivity contribution in [3.8, 4) is 0 Å². The molecule has 3 nitrogen and oxygen atoms in total. The Morgan fingerprint density at radius 3 is 2.85 bits per heavy atom. The van der Waals surface area contributed by atoms with Crippen LogP contribution in [0, 0.1) is 0 Å². The Hall–Kier alpha value is -1.25. The van der Waals surface area contributed by atoms with Crippen LogP contribution in [0.1, 0.15) is 30.5 Å². The third-order valence-electron chi connectivity index (χ3n) is 2.62. The van der Waals surface area contributed by atoms with Crippen LogP contribution in [0.5, 0.6) is 0 Å². The number of nitrogen functional groups attached to an aromatic ring is 1. The molecule has 0 atom stereocenters. The molecule has 0 fully saturated rings. The first-order chi connectivity index (χ1) is 6.27. The Labute approximate surface area is 77.0 Å². The Morgan fingerprint density at radius 2 is 2.00 bits per heavy atom. The van der Waals surface area contributed by atoms with Crippen LogP contribution in [0.2, 0.25) is 0 Å². The third-order valence-corrected chi connectivity index (χ3v) is 2.62. The predicted octanol–water partition coefficient (Wildman–Crippen LogP) is 1.23. The van der Waals surface area contributed by atoms with Gasteiger partial charge in [-0.2, -0.15) is 0 Å². The second-order valence-electron chi connectivity index (χ2n) is 3.62. The molecule has 0 bridgehead atoms. The summed E-state index contributed by atoms with van der Waals surface area (Å²) in [6.07, 6.45) is 5.67. The zero-order valence-electron chi connectivity index (χ0n) is 7.60. The average Bonchev–Trinajstić information content (AvgIpc) is 2.31. The second-order valence-corrected chi connectivity index (χ2v) is 3.62. The molecule has 0 spiro atoms. The monoisotopic (exact) mass is 178 g/mol.